The maximum absolute atomic E-state index is 13.6. The first-order valence-electron chi connectivity index (χ1n) is 9.97. The first-order chi connectivity index (χ1) is 15.9. The lowest BCUT2D eigenvalue weighted by atomic mass is 10.0. The zero-order valence-corrected chi connectivity index (χ0v) is 17.2. The molecule has 2 aromatic carbocycles. The number of benzene rings is 2. The highest BCUT2D eigenvalue weighted by molar-refractivity contribution is 5.95. The molecule has 0 spiro atoms. The van der Waals surface area contributed by atoms with Crippen LogP contribution in [0.5, 0.6) is 0 Å². The lowest BCUT2D eigenvalue weighted by molar-refractivity contribution is -0.123. The molecule has 10 heteroatoms. The van der Waals surface area contributed by atoms with Crippen molar-refractivity contribution in [3.8, 4) is 0 Å². The number of aromatic nitrogens is 2. The zero-order chi connectivity index (χ0) is 23.4. The van der Waals surface area contributed by atoms with E-state index in [1.54, 1.807) is 18.3 Å². The number of nitrogens with one attached hydrogen (secondary N) is 2. The van der Waals surface area contributed by atoms with E-state index in [2.05, 4.69) is 20.8 Å². The monoisotopic (exact) mass is 451 g/mol. The maximum Gasteiger partial charge on any atom is 0.290 e. The quantitative estimate of drug-likeness (QED) is 0.397. The predicted octanol–water partition coefficient (Wildman–Crippen LogP) is 2.74. The number of fused-ring (bicyclic) bond motifs is 1. The number of halogens is 2. The van der Waals surface area contributed by atoms with Crippen molar-refractivity contribution >= 4 is 28.4 Å². The van der Waals surface area contributed by atoms with Gasteiger partial charge in [-0.1, -0.05) is 23.4 Å². The SMILES string of the molecule is Nc1nccc2cc(CNC(=O)[C@H](Cc3ccc(F)c(F)c3)NC(=O)c3ccno3)ccc12. The normalized spacial score (nSPS) is 11.8. The third-order valence-electron chi connectivity index (χ3n) is 5.03. The minimum absolute atomic E-state index is 0.0666. The third-order valence-corrected chi connectivity index (χ3v) is 5.03. The van der Waals surface area contributed by atoms with Crippen LogP contribution in [0.2, 0.25) is 0 Å². The highest BCUT2D eigenvalue weighted by atomic mass is 19.2. The Morgan fingerprint density at radius 1 is 1.00 bits per heavy atom. The van der Waals surface area contributed by atoms with E-state index in [0.717, 1.165) is 28.5 Å². The topological polar surface area (TPSA) is 123 Å². The van der Waals surface area contributed by atoms with Crippen LogP contribution < -0.4 is 16.4 Å². The van der Waals surface area contributed by atoms with Gasteiger partial charge < -0.3 is 20.9 Å². The molecule has 8 nitrogen and oxygen atoms in total. The fourth-order valence-electron chi connectivity index (χ4n) is 3.35. The van der Waals surface area contributed by atoms with E-state index < -0.39 is 29.5 Å². The van der Waals surface area contributed by atoms with Gasteiger partial charge in [-0.15, -0.1) is 0 Å². The molecule has 2 heterocycles. The molecule has 33 heavy (non-hydrogen) atoms. The molecule has 4 N–H and O–H groups in total. The number of pyridine rings is 1. The first-order valence-corrected chi connectivity index (χ1v) is 9.97. The first kappa shape index (κ1) is 21.9. The van der Waals surface area contributed by atoms with Gasteiger partial charge >= 0.3 is 0 Å². The number of hydrogen-bond acceptors (Lipinski definition) is 6. The summed E-state index contributed by atoms with van der Waals surface area (Å²) in [6.45, 7) is 0.170. The average Bonchev–Trinajstić information content (AvgIpc) is 3.35. The van der Waals surface area contributed by atoms with Crippen molar-refractivity contribution in [2.24, 2.45) is 0 Å². The van der Waals surface area contributed by atoms with Gasteiger partial charge in [-0.2, -0.15) is 0 Å². The van der Waals surface area contributed by atoms with Crippen molar-refractivity contribution in [1.82, 2.24) is 20.8 Å². The number of hydrogen-bond donors (Lipinski definition) is 3. The van der Waals surface area contributed by atoms with E-state index in [-0.39, 0.29) is 18.7 Å². The molecule has 0 bridgehead atoms. The molecule has 0 aliphatic heterocycles. The van der Waals surface area contributed by atoms with E-state index in [4.69, 9.17) is 10.3 Å². The van der Waals surface area contributed by atoms with Gasteiger partial charge in [-0.3, -0.25) is 9.59 Å². The predicted molar refractivity (Wildman–Crippen MR) is 116 cm³/mol. The van der Waals surface area contributed by atoms with Crippen LogP contribution in [-0.2, 0) is 17.8 Å². The molecule has 0 fully saturated rings. The van der Waals surface area contributed by atoms with E-state index in [1.807, 2.05) is 12.1 Å². The summed E-state index contributed by atoms with van der Waals surface area (Å²) in [5.74, 6) is -2.90. The van der Waals surface area contributed by atoms with E-state index in [9.17, 15) is 18.4 Å². The van der Waals surface area contributed by atoms with Crippen molar-refractivity contribution in [2.75, 3.05) is 5.73 Å². The van der Waals surface area contributed by atoms with Gasteiger partial charge in [0.2, 0.25) is 11.7 Å². The molecule has 0 aliphatic carbocycles. The molecule has 1 atom stereocenters. The summed E-state index contributed by atoms with van der Waals surface area (Å²) >= 11 is 0. The van der Waals surface area contributed by atoms with Crippen molar-refractivity contribution in [3.05, 3.63) is 89.4 Å². The number of amides is 2. The van der Waals surface area contributed by atoms with Gasteiger partial charge in [-0.25, -0.2) is 13.8 Å². The van der Waals surface area contributed by atoms with Crippen LogP contribution in [0.25, 0.3) is 10.8 Å². The number of nitrogens with zero attached hydrogens (tertiary/aromatic N) is 2. The Bertz CT molecular complexity index is 1310. The highest BCUT2D eigenvalue weighted by Gasteiger charge is 2.24. The Hall–Kier alpha value is -4.34. The van der Waals surface area contributed by atoms with Gasteiger partial charge in [-0.05, 0) is 40.8 Å². The van der Waals surface area contributed by atoms with Crippen LogP contribution in [0.4, 0.5) is 14.6 Å². The second-order valence-electron chi connectivity index (χ2n) is 7.32. The number of carbonyl (C=O) groups is 2. The minimum Gasteiger partial charge on any atom is -0.383 e. The Morgan fingerprint density at radius 3 is 2.58 bits per heavy atom. The molecule has 0 saturated heterocycles. The van der Waals surface area contributed by atoms with Gasteiger partial charge in [0.15, 0.2) is 11.6 Å². The van der Waals surface area contributed by atoms with E-state index in [1.165, 1.54) is 18.3 Å². The Morgan fingerprint density at radius 2 is 1.82 bits per heavy atom. The van der Waals surface area contributed by atoms with Crippen molar-refractivity contribution in [1.29, 1.82) is 0 Å². The van der Waals surface area contributed by atoms with Gasteiger partial charge in [0.1, 0.15) is 11.9 Å². The minimum atomic E-state index is -1.08. The average molecular weight is 451 g/mol. The molecule has 0 saturated carbocycles. The lowest BCUT2D eigenvalue weighted by Crippen LogP contribution is -2.47. The lowest BCUT2D eigenvalue weighted by Gasteiger charge is -2.18. The standard InChI is InChI=1S/C23H19F2N5O3/c24-17-4-2-13(10-18(17)25)11-19(30-23(32)20-6-8-29-33-20)22(31)28-12-14-1-3-16-15(9-14)5-7-27-21(16)26/h1-10,19H,11-12H2,(H2,26,27)(H,28,31)(H,30,32)/t19-/m0/s1. The molecular weight excluding hydrogens is 432 g/mol. The highest BCUT2D eigenvalue weighted by Crippen LogP contribution is 2.20. The van der Waals surface area contributed by atoms with Crippen LogP contribution >= 0.6 is 0 Å². The van der Waals surface area contributed by atoms with Gasteiger partial charge in [0, 0.05) is 30.6 Å². The molecule has 2 amide bonds. The Labute approximate surface area is 186 Å². The smallest absolute Gasteiger partial charge is 0.290 e. The van der Waals surface area contributed by atoms with Crippen LogP contribution in [0.3, 0.4) is 0 Å². The summed E-state index contributed by atoms with van der Waals surface area (Å²) in [5.41, 5.74) is 7.00. The molecule has 2 aromatic heterocycles. The number of rotatable bonds is 7. The number of nitrogens with two attached hydrogens (primary N) is 1. The summed E-state index contributed by atoms with van der Waals surface area (Å²) in [6, 6.07) is 10.9. The fraction of sp³-hybridized carbons (Fsp3) is 0.130. The van der Waals surface area contributed by atoms with Crippen LogP contribution in [0, 0.1) is 11.6 Å². The molecule has 4 rings (SSSR count). The summed E-state index contributed by atoms with van der Waals surface area (Å²) < 4.78 is 31.7. The maximum atomic E-state index is 13.6. The van der Waals surface area contributed by atoms with E-state index >= 15 is 0 Å². The number of nitrogen functional groups attached to an aromatic ring is 1. The number of carbonyl (C=O) groups excluding carboxylic acids is 2. The summed E-state index contributed by atoms with van der Waals surface area (Å²) in [5, 5.41) is 10.4. The fourth-order valence-corrected chi connectivity index (χ4v) is 3.35. The summed E-state index contributed by atoms with van der Waals surface area (Å²) in [4.78, 5) is 29.4. The van der Waals surface area contributed by atoms with Crippen LogP contribution in [0.15, 0.2) is 65.4 Å². The summed E-state index contributed by atoms with van der Waals surface area (Å²) in [7, 11) is 0. The van der Waals surface area contributed by atoms with Crippen molar-refractivity contribution < 1.29 is 22.9 Å². The number of anilines is 1. The van der Waals surface area contributed by atoms with Crippen LogP contribution in [0.1, 0.15) is 21.7 Å². The molecule has 0 unspecified atom stereocenters. The third kappa shape index (κ3) is 5.12. The van der Waals surface area contributed by atoms with Crippen molar-refractivity contribution in [2.45, 2.75) is 19.0 Å². The Balaban J connectivity index is 1.50. The summed E-state index contributed by atoms with van der Waals surface area (Å²) in [6.07, 6.45) is 2.82. The van der Waals surface area contributed by atoms with E-state index in [0.29, 0.717) is 11.4 Å². The van der Waals surface area contributed by atoms with Gasteiger partial charge in [0.25, 0.3) is 5.91 Å². The largest absolute Gasteiger partial charge is 0.383 e. The second-order valence-corrected chi connectivity index (χ2v) is 7.32. The Kier molecular flexibility index (Phi) is 6.25. The van der Waals surface area contributed by atoms with Crippen LogP contribution in [-0.4, -0.2) is 28.0 Å². The molecule has 0 radical (unpaired) electrons. The molecule has 168 valence electrons. The molecular formula is C23H19F2N5O3. The molecule has 0 aliphatic rings. The second kappa shape index (κ2) is 9.43. The van der Waals surface area contributed by atoms with Crippen molar-refractivity contribution in [3.63, 3.8) is 0 Å². The van der Waals surface area contributed by atoms with Gasteiger partial charge in [0.05, 0.1) is 6.20 Å². The zero-order valence-electron chi connectivity index (χ0n) is 17.2. The molecule has 4 aromatic rings.